The minimum absolute atomic E-state index is 0.0398. The predicted molar refractivity (Wildman–Crippen MR) is 74.7 cm³/mol. The fourth-order valence-corrected chi connectivity index (χ4v) is 2.59. The number of carboxylic acid groups (broad SMARTS) is 1. The maximum atomic E-state index is 12.0. The molecule has 0 spiro atoms. The largest absolute Gasteiger partial charge is 0.477 e. The van der Waals surface area contributed by atoms with E-state index in [4.69, 9.17) is 5.11 Å². The first-order valence-corrected chi connectivity index (χ1v) is 6.77. The lowest BCUT2D eigenvalue weighted by molar-refractivity contribution is -0.122. The van der Waals surface area contributed by atoms with E-state index in [1.54, 1.807) is 12.3 Å². The number of nitrogens with zero attached hydrogens (tertiary/aromatic N) is 2. The molecule has 1 aliphatic carbocycles. The van der Waals surface area contributed by atoms with Gasteiger partial charge in [0, 0.05) is 18.3 Å². The van der Waals surface area contributed by atoms with Crippen LogP contribution in [0.15, 0.2) is 18.3 Å². The predicted octanol–water partition coefficient (Wildman–Crippen LogP) is 0.787. The number of carbonyl (C=O) groups is 2. The second-order valence-corrected chi connectivity index (χ2v) is 5.58. The van der Waals surface area contributed by atoms with Gasteiger partial charge in [0.25, 0.3) is 0 Å². The van der Waals surface area contributed by atoms with Crippen LogP contribution in [0.5, 0.6) is 0 Å². The highest BCUT2D eigenvalue weighted by molar-refractivity contribution is 5.86. The molecule has 1 heterocycles. The van der Waals surface area contributed by atoms with E-state index in [0.717, 1.165) is 12.8 Å². The number of hydrogen-bond acceptors (Lipinski definition) is 3. The fraction of sp³-hybridized carbons (Fsp3) is 0.571. The van der Waals surface area contributed by atoms with Crippen LogP contribution in [0, 0.1) is 0 Å². The topological polar surface area (TPSA) is 74.6 Å². The molecule has 1 fully saturated rings. The number of aromatic carboxylic acids is 1. The van der Waals surface area contributed by atoms with E-state index in [-0.39, 0.29) is 23.7 Å². The highest BCUT2D eigenvalue weighted by Crippen LogP contribution is 2.35. The Balaban J connectivity index is 1.90. The van der Waals surface area contributed by atoms with Crippen molar-refractivity contribution in [2.75, 3.05) is 20.6 Å². The molecule has 6 heteroatoms. The van der Waals surface area contributed by atoms with Crippen molar-refractivity contribution in [2.45, 2.75) is 31.3 Å². The number of aromatic nitrogens is 1. The minimum atomic E-state index is -1.02. The minimum Gasteiger partial charge on any atom is -0.477 e. The molecule has 0 bridgehead atoms. The van der Waals surface area contributed by atoms with Gasteiger partial charge in [-0.3, -0.25) is 4.79 Å². The normalized spacial score (nSPS) is 16.8. The molecule has 20 heavy (non-hydrogen) atoms. The Morgan fingerprint density at radius 3 is 2.65 bits per heavy atom. The Kier molecular flexibility index (Phi) is 4.13. The highest BCUT2D eigenvalue weighted by atomic mass is 16.4. The Morgan fingerprint density at radius 2 is 2.15 bits per heavy atom. The molecule has 0 unspecified atom stereocenters. The Bertz CT molecular complexity index is 504. The number of likely N-dealkylation sites (N-methyl/N-ethyl adjacent to an activating group) is 1. The van der Waals surface area contributed by atoms with Crippen molar-refractivity contribution < 1.29 is 14.7 Å². The van der Waals surface area contributed by atoms with Crippen molar-refractivity contribution in [1.82, 2.24) is 14.8 Å². The SMILES string of the molecule is CN(C)C1(CNC(=O)Cn2cccc2C(=O)O)CCC1. The van der Waals surface area contributed by atoms with Crippen LogP contribution in [0.1, 0.15) is 29.8 Å². The molecule has 0 saturated heterocycles. The Morgan fingerprint density at radius 1 is 1.45 bits per heavy atom. The van der Waals surface area contributed by atoms with Crippen molar-refractivity contribution >= 4 is 11.9 Å². The molecule has 0 aromatic carbocycles. The maximum absolute atomic E-state index is 12.0. The Labute approximate surface area is 118 Å². The second kappa shape index (κ2) is 5.66. The molecule has 110 valence electrons. The van der Waals surface area contributed by atoms with E-state index in [1.807, 2.05) is 14.1 Å². The molecule has 2 rings (SSSR count). The van der Waals surface area contributed by atoms with Gasteiger partial charge in [-0.05, 0) is 45.5 Å². The van der Waals surface area contributed by atoms with Crippen LogP contribution in [0.25, 0.3) is 0 Å². The number of rotatable bonds is 6. The van der Waals surface area contributed by atoms with Crippen molar-refractivity contribution in [3.8, 4) is 0 Å². The summed E-state index contributed by atoms with van der Waals surface area (Å²) in [5.74, 6) is -1.18. The molecular formula is C14H21N3O3. The number of carboxylic acids is 1. The summed E-state index contributed by atoms with van der Waals surface area (Å²) in [5, 5.41) is 11.9. The monoisotopic (exact) mass is 279 g/mol. The van der Waals surface area contributed by atoms with Crippen LogP contribution < -0.4 is 5.32 Å². The van der Waals surface area contributed by atoms with Gasteiger partial charge in [0.05, 0.1) is 0 Å². The quantitative estimate of drug-likeness (QED) is 0.807. The highest BCUT2D eigenvalue weighted by Gasteiger charge is 2.39. The zero-order valence-electron chi connectivity index (χ0n) is 11.9. The molecule has 0 atom stereocenters. The number of amides is 1. The van der Waals surface area contributed by atoms with E-state index < -0.39 is 5.97 Å². The molecule has 1 saturated carbocycles. The van der Waals surface area contributed by atoms with Crippen LogP contribution in [0.4, 0.5) is 0 Å². The molecule has 1 aromatic heterocycles. The number of carbonyl (C=O) groups excluding carboxylic acids is 1. The van der Waals surface area contributed by atoms with Crippen molar-refractivity contribution in [3.05, 3.63) is 24.0 Å². The van der Waals surface area contributed by atoms with E-state index in [9.17, 15) is 9.59 Å². The van der Waals surface area contributed by atoms with Gasteiger partial charge in [0.1, 0.15) is 12.2 Å². The van der Waals surface area contributed by atoms with E-state index in [1.165, 1.54) is 17.1 Å². The van der Waals surface area contributed by atoms with Gasteiger partial charge >= 0.3 is 5.97 Å². The molecule has 0 aliphatic heterocycles. The first-order valence-electron chi connectivity index (χ1n) is 6.77. The van der Waals surface area contributed by atoms with E-state index in [2.05, 4.69) is 10.2 Å². The molecule has 2 N–H and O–H groups in total. The standard InChI is InChI=1S/C14H21N3O3/c1-16(2)14(6-4-7-14)10-15-12(18)9-17-8-3-5-11(17)13(19)20/h3,5,8H,4,6-7,9-10H2,1-2H3,(H,15,18)(H,19,20). The molecule has 6 nitrogen and oxygen atoms in total. The number of nitrogens with one attached hydrogen (secondary N) is 1. The molecule has 1 aromatic rings. The zero-order chi connectivity index (χ0) is 14.8. The van der Waals surface area contributed by atoms with Crippen molar-refractivity contribution in [1.29, 1.82) is 0 Å². The smallest absolute Gasteiger partial charge is 0.352 e. The third-order valence-electron chi connectivity index (χ3n) is 4.21. The average Bonchev–Trinajstić information content (AvgIpc) is 2.75. The van der Waals surface area contributed by atoms with Crippen LogP contribution >= 0.6 is 0 Å². The van der Waals surface area contributed by atoms with Crippen LogP contribution in [0.3, 0.4) is 0 Å². The van der Waals surface area contributed by atoms with Crippen molar-refractivity contribution in [3.63, 3.8) is 0 Å². The lowest BCUT2D eigenvalue weighted by Crippen LogP contribution is -2.57. The van der Waals surface area contributed by atoms with E-state index >= 15 is 0 Å². The van der Waals surface area contributed by atoms with Gasteiger partial charge in [0.15, 0.2) is 0 Å². The summed E-state index contributed by atoms with van der Waals surface area (Å²) in [5.41, 5.74) is 0.202. The molecular weight excluding hydrogens is 258 g/mol. The van der Waals surface area contributed by atoms with Gasteiger partial charge in [-0.2, -0.15) is 0 Å². The zero-order valence-corrected chi connectivity index (χ0v) is 11.9. The van der Waals surface area contributed by atoms with Crippen molar-refractivity contribution in [2.24, 2.45) is 0 Å². The van der Waals surface area contributed by atoms with Gasteiger partial charge in [-0.25, -0.2) is 4.79 Å². The molecule has 1 amide bonds. The first-order chi connectivity index (χ1) is 9.44. The fourth-order valence-electron chi connectivity index (χ4n) is 2.59. The van der Waals surface area contributed by atoms with Crippen LogP contribution in [-0.2, 0) is 11.3 Å². The van der Waals surface area contributed by atoms with E-state index in [0.29, 0.717) is 6.54 Å². The van der Waals surface area contributed by atoms with Gasteiger partial charge < -0.3 is 19.9 Å². The number of hydrogen-bond donors (Lipinski definition) is 2. The summed E-state index contributed by atoms with van der Waals surface area (Å²) < 4.78 is 1.45. The van der Waals surface area contributed by atoms with Gasteiger partial charge in [-0.1, -0.05) is 0 Å². The Hall–Kier alpha value is -1.82. The van der Waals surface area contributed by atoms with Gasteiger partial charge in [-0.15, -0.1) is 0 Å². The van der Waals surface area contributed by atoms with Crippen LogP contribution in [0.2, 0.25) is 0 Å². The van der Waals surface area contributed by atoms with Crippen LogP contribution in [-0.4, -0.2) is 52.6 Å². The first kappa shape index (κ1) is 14.6. The lowest BCUT2D eigenvalue weighted by atomic mass is 9.75. The average molecular weight is 279 g/mol. The summed E-state index contributed by atoms with van der Waals surface area (Å²) in [6.07, 6.45) is 4.97. The summed E-state index contributed by atoms with van der Waals surface area (Å²) in [7, 11) is 4.06. The second-order valence-electron chi connectivity index (χ2n) is 5.58. The summed E-state index contributed by atoms with van der Waals surface area (Å²) in [6.45, 7) is 0.653. The summed E-state index contributed by atoms with van der Waals surface area (Å²) in [6, 6.07) is 3.12. The van der Waals surface area contributed by atoms with Gasteiger partial charge in [0.2, 0.25) is 5.91 Å². The third-order valence-corrected chi connectivity index (χ3v) is 4.21. The third kappa shape index (κ3) is 2.85. The summed E-state index contributed by atoms with van der Waals surface area (Å²) in [4.78, 5) is 25.1. The maximum Gasteiger partial charge on any atom is 0.352 e. The molecule has 0 radical (unpaired) electrons. The molecule has 1 aliphatic rings. The lowest BCUT2D eigenvalue weighted by Gasteiger charge is -2.47. The summed E-state index contributed by atoms with van der Waals surface area (Å²) >= 11 is 0.